The Kier molecular flexibility index (Phi) is 4.92. The highest BCUT2D eigenvalue weighted by Crippen LogP contribution is 2.30. The van der Waals surface area contributed by atoms with Crippen molar-refractivity contribution in [2.24, 2.45) is 5.41 Å². The van der Waals surface area contributed by atoms with Crippen LogP contribution in [0.25, 0.3) is 0 Å². The maximum absolute atomic E-state index is 11.0. The molecule has 1 rings (SSSR count). The van der Waals surface area contributed by atoms with Crippen LogP contribution >= 0.6 is 0 Å². The van der Waals surface area contributed by atoms with Crippen LogP contribution in [0, 0.1) is 5.41 Å². The summed E-state index contributed by atoms with van der Waals surface area (Å²) in [5.74, 6) is 0. The zero-order chi connectivity index (χ0) is 14.0. The van der Waals surface area contributed by atoms with Crippen molar-refractivity contribution in [2.45, 2.75) is 65.5 Å². The van der Waals surface area contributed by atoms with E-state index in [1.807, 2.05) is 41.5 Å². The van der Waals surface area contributed by atoms with Crippen molar-refractivity contribution in [3.8, 4) is 0 Å². The van der Waals surface area contributed by atoms with E-state index in [2.05, 4.69) is 0 Å². The summed E-state index contributed by atoms with van der Waals surface area (Å²) in [5.41, 5.74) is -0.325. The molecule has 4 nitrogen and oxygen atoms in total. The first-order chi connectivity index (χ1) is 8.13. The lowest BCUT2D eigenvalue weighted by Gasteiger charge is -2.41. The number of hydrogen-bond donors (Lipinski definition) is 0. The fourth-order valence-electron chi connectivity index (χ4n) is 1.87. The van der Waals surface area contributed by atoms with E-state index < -0.39 is 6.10 Å². The van der Waals surface area contributed by atoms with Crippen molar-refractivity contribution in [2.75, 3.05) is 13.2 Å². The molecule has 0 amide bonds. The topological polar surface area (TPSA) is 44.8 Å². The van der Waals surface area contributed by atoms with Gasteiger partial charge in [0.2, 0.25) is 0 Å². The second-order valence-electron chi connectivity index (χ2n) is 6.90. The SMILES string of the molecule is CC(C)(C)OCC1COC(C=O)C(C(C)(C)C)O1. The van der Waals surface area contributed by atoms with E-state index in [1.165, 1.54) is 0 Å². The summed E-state index contributed by atoms with van der Waals surface area (Å²) in [4.78, 5) is 11.0. The Bertz CT molecular complexity index is 274. The van der Waals surface area contributed by atoms with E-state index >= 15 is 0 Å². The van der Waals surface area contributed by atoms with E-state index in [-0.39, 0.29) is 23.2 Å². The Hall–Kier alpha value is -0.450. The van der Waals surface area contributed by atoms with Gasteiger partial charge in [0.05, 0.1) is 24.9 Å². The monoisotopic (exact) mass is 258 g/mol. The van der Waals surface area contributed by atoms with E-state index in [9.17, 15) is 4.79 Å². The number of carbonyl (C=O) groups excluding carboxylic acids is 1. The molecule has 0 N–H and O–H groups in total. The third kappa shape index (κ3) is 4.67. The Morgan fingerprint density at radius 2 is 1.83 bits per heavy atom. The van der Waals surface area contributed by atoms with Crippen molar-refractivity contribution in [1.82, 2.24) is 0 Å². The fraction of sp³-hybridized carbons (Fsp3) is 0.929. The molecule has 0 radical (unpaired) electrons. The van der Waals surface area contributed by atoms with Gasteiger partial charge < -0.3 is 19.0 Å². The minimum absolute atomic E-state index is 0.107. The largest absolute Gasteiger partial charge is 0.373 e. The minimum Gasteiger partial charge on any atom is -0.373 e. The number of rotatable bonds is 3. The summed E-state index contributed by atoms with van der Waals surface area (Å²) in [6.45, 7) is 13.1. The molecule has 106 valence electrons. The van der Waals surface area contributed by atoms with Gasteiger partial charge in [-0.3, -0.25) is 0 Å². The Labute approximate surface area is 110 Å². The third-order valence-electron chi connectivity index (χ3n) is 2.80. The lowest BCUT2D eigenvalue weighted by atomic mass is 9.85. The molecule has 0 aromatic carbocycles. The van der Waals surface area contributed by atoms with Gasteiger partial charge in [-0.1, -0.05) is 20.8 Å². The summed E-state index contributed by atoms with van der Waals surface area (Å²) in [6.07, 6.45) is 0.0226. The maximum Gasteiger partial charge on any atom is 0.151 e. The highest BCUT2D eigenvalue weighted by Gasteiger charge is 2.39. The molecule has 1 aliphatic rings. The second-order valence-corrected chi connectivity index (χ2v) is 6.90. The molecule has 4 heteroatoms. The van der Waals surface area contributed by atoms with Gasteiger partial charge in [0.1, 0.15) is 12.2 Å². The van der Waals surface area contributed by atoms with Gasteiger partial charge in [0.15, 0.2) is 6.29 Å². The molecule has 1 saturated heterocycles. The van der Waals surface area contributed by atoms with Crippen molar-refractivity contribution >= 4 is 6.29 Å². The van der Waals surface area contributed by atoms with Crippen LogP contribution < -0.4 is 0 Å². The van der Waals surface area contributed by atoms with Crippen LogP contribution in [-0.2, 0) is 19.0 Å². The Balaban J connectivity index is 2.59. The van der Waals surface area contributed by atoms with Gasteiger partial charge in [0, 0.05) is 0 Å². The summed E-state index contributed by atoms with van der Waals surface area (Å²) in [5, 5.41) is 0. The Morgan fingerprint density at radius 1 is 1.22 bits per heavy atom. The van der Waals surface area contributed by atoms with E-state index in [1.54, 1.807) is 0 Å². The standard InChI is InChI=1S/C14H26O4/c1-13(2,3)12-11(7-15)16-8-10(18-12)9-17-14(4,5)6/h7,10-12H,8-9H2,1-6H3. The van der Waals surface area contributed by atoms with Gasteiger partial charge >= 0.3 is 0 Å². The summed E-state index contributed by atoms with van der Waals surface area (Å²) in [6, 6.07) is 0. The van der Waals surface area contributed by atoms with Gasteiger partial charge in [-0.05, 0) is 26.2 Å². The molecule has 1 fully saturated rings. The Morgan fingerprint density at radius 3 is 2.28 bits per heavy atom. The van der Waals surface area contributed by atoms with Crippen LogP contribution in [0.3, 0.4) is 0 Å². The summed E-state index contributed by atoms with van der Waals surface area (Å²) in [7, 11) is 0. The van der Waals surface area contributed by atoms with Gasteiger partial charge in [-0.15, -0.1) is 0 Å². The highest BCUT2D eigenvalue weighted by molar-refractivity contribution is 5.57. The molecule has 0 aliphatic carbocycles. The van der Waals surface area contributed by atoms with E-state index in [0.717, 1.165) is 6.29 Å². The third-order valence-corrected chi connectivity index (χ3v) is 2.80. The molecule has 1 heterocycles. The predicted molar refractivity (Wildman–Crippen MR) is 69.6 cm³/mol. The van der Waals surface area contributed by atoms with Crippen LogP contribution in [0.15, 0.2) is 0 Å². The average Bonchev–Trinajstić information content (AvgIpc) is 2.24. The van der Waals surface area contributed by atoms with Crippen LogP contribution in [-0.4, -0.2) is 43.4 Å². The second kappa shape index (κ2) is 5.68. The number of aldehydes is 1. The molecular formula is C14H26O4. The lowest BCUT2D eigenvalue weighted by Crippen LogP contribution is -2.52. The van der Waals surface area contributed by atoms with Gasteiger partial charge in [-0.2, -0.15) is 0 Å². The molecule has 0 aromatic heterocycles. The van der Waals surface area contributed by atoms with Crippen molar-refractivity contribution in [1.29, 1.82) is 0 Å². The molecule has 3 atom stereocenters. The minimum atomic E-state index is -0.476. The van der Waals surface area contributed by atoms with Crippen LogP contribution in [0.1, 0.15) is 41.5 Å². The zero-order valence-electron chi connectivity index (χ0n) is 12.4. The molecule has 18 heavy (non-hydrogen) atoms. The van der Waals surface area contributed by atoms with Crippen molar-refractivity contribution in [3.05, 3.63) is 0 Å². The average molecular weight is 258 g/mol. The lowest BCUT2D eigenvalue weighted by molar-refractivity contribution is -0.221. The molecule has 0 aromatic rings. The number of ether oxygens (including phenoxy) is 3. The zero-order valence-corrected chi connectivity index (χ0v) is 12.4. The number of hydrogen-bond acceptors (Lipinski definition) is 4. The fourth-order valence-corrected chi connectivity index (χ4v) is 1.87. The molecule has 0 saturated carbocycles. The predicted octanol–water partition coefficient (Wildman–Crippen LogP) is 2.20. The van der Waals surface area contributed by atoms with Crippen LogP contribution in [0.5, 0.6) is 0 Å². The quantitative estimate of drug-likeness (QED) is 0.728. The smallest absolute Gasteiger partial charge is 0.151 e. The molecule has 0 spiro atoms. The first kappa shape index (κ1) is 15.6. The molecule has 3 unspecified atom stereocenters. The van der Waals surface area contributed by atoms with Crippen LogP contribution in [0.4, 0.5) is 0 Å². The normalized spacial score (nSPS) is 30.2. The first-order valence-corrected chi connectivity index (χ1v) is 6.50. The highest BCUT2D eigenvalue weighted by atomic mass is 16.6. The van der Waals surface area contributed by atoms with E-state index in [4.69, 9.17) is 14.2 Å². The van der Waals surface area contributed by atoms with Crippen molar-refractivity contribution < 1.29 is 19.0 Å². The van der Waals surface area contributed by atoms with Crippen molar-refractivity contribution in [3.63, 3.8) is 0 Å². The summed E-state index contributed by atoms with van der Waals surface area (Å²) < 4.78 is 17.2. The van der Waals surface area contributed by atoms with Crippen LogP contribution in [0.2, 0.25) is 0 Å². The molecule has 1 aliphatic heterocycles. The molecular weight excluding hydrogens is 232 g/mol. The maximum atomic E-state index is 11.0. The number of carbonyl (C=O) groups is 1. The van der Waals surface area contributed by atoms with Gasteiger partial charge in [0.25, 0.3) is 0 Å². The van der Waals surface area contributed by atoms with E-state index in [0.29, 0.717) is 13.2 Å². The van der Waals surface area contributed by atoms with Gasteiger partial charge in [-0.25, -0.2) is 0 Å². The summed E-state index contributed by atoms with van der Waals surface area (Å²) >= 11 is 0. The first-order valence-electron chi connectivity index (χ1n) is 6.50. The molecule has 0 bridgehead atoms.